The summed E-state index contributed by atoms with van der Waals surface area (Å²) in [5.41, 5.74) is 12.3. The van der Waals surface area contributed by atoms with Crippen molar-refractivity contribution in [2.75, 3.05) is 20.3 Å². The molecule has 0 radical (unpaired) electrons. The Labute approximate surface area is 458 Å². The number of esters is 3. The predicted molar refractivity (Wildman–Crippen MR) is 297 cm³/mol. The molecule has 5 unspecified atom stereocenters. The number of ether oxygens (including phenoxy) is 3. The van der Waals surface area contributed by atoms with Crippen LogP contribution in [0.25, 0.3) is 33.3 Å². The van der Waals surface area contributed by atoms with Crippen molar-refractivity contribution in [2.45, 2.75) is 191 Å². The van der Waals surface area contributed by atoms with Gasteiger partial charge in [-0.1, -0.05) is 116 Å². The number of nitrogens with zero attached hydrogens (tertiary/aromatic N) is 2. The molecule has 2 aromatic heterocycles. The summed E-state index contributed by atoms with van der Waals surface area (Å²) in [5.74, 6) is 0.00908. The van der Waals surface area contributed by atoms with Crippen molar-refractivity contribution in [1.82, 2.24) is 15.3 Å². The number of fused-ring (bicyclic) bond motifs is 8. The first-order valence-electron chi connectivity index (χ1n) is 27.2. The topological polar surface area (TPSA) is 164 Å². The van der Waals surface area contributed by atoms with E-state index in [2.05, 4.69) is 83.3 Å². The number of amides is 1. The van der Waals surface area contributed by atoms with Crippen molar-refractivity contribution >= 4 is 80.2 Å². The molecule has 0 saturated heterocycles. The standard InChI is InChI=1S/C61H86N5O7.Mg/c1-15-45-41(10)49-33-51-43(12)47(27-28-55(67)73-30-29-39(8)26-20-25-38(7)24-19-23-37(6)22-18-21-36(4)5)59(65-51)48(32-56(68)71-14)60-58(61(70)62-40(9)31-57(69)72-17-3)44(13)52(66-60)35-54-46(16-2)42(11)50(64-54)34-53(45)63-49;/h15,29,33-38,40,43,47H,1,16-28,30-32H2,2-14H3,(H2-,62,63,64,65,66,70);/q-1;+2/p+1. The number of aryl methyl sites for hydroxylation is 2. The number of methoxy groups -OCH3 is 1. The number of aromatic amines is 2. The normalized spacial score (nSPS) is 16.3. The fraction of sp³-hybridized carbons (Fsp3) is 0.574. The van der Waals surface area contributed by atoms with Crippen LogP contribution in [0, 0.1) is 24.7 Å². The summed E-state index contributed by atoms with van der Waals surface area (Å²) in [4.78, 5) is 72.1. The van der Waals surface area contributed by atoms with E-state index in [1.807, 2.05) is 38.1 Å². The Bertz CT molecular complexity index is 2630. The van der Waals surface area contributed by atoms with Crippen molar-refractivity contribution in [3.63, 3.8) is 0 Å². The fourth-order valence-electron chi connectivity index (χ4n) is 10.6. The summed E-state index contributed by atoms with van der Waals surface area (Å²) in [6.07, 6.45) is 16.0. The van der Waals surface area contributed by atoms with Gasteiger partial charge in [0.2, 0.25) is 22.8 Å². The van der Waals surface area contributed by atoms with Gasteiger partial charge in [-0.2, -0.15) is 0 Å². The van der Waals surface area contributed by atoms with Gasteiger partial charge in [-0.25, -0.2) is 9.97 Å². The molecule has 0 aromatic carbocycles. The summed E-state index contributed by atoms with van der Waals surface area (Å²) in [5, 5.41) is 3.02. The van der Waals surface area contributed by atoms with Crippen LogP contribution in [0.5, 0.6) is 0 Å². The number of nitrogens with one attached hydrogen (secondary N) is 3. The van der Waals surface area contributed by atoms with Crippen molar-refractivity contribution in [3.05, 3.63) is 93.4 Å². The minimum absolute atomic E-state index is 0. The van der Waals surface area contributed by atoms with Crippen LogP contribution in [0.3, 0.4) is 0 Å². The SMILES string of the molecule is C=CC1=C(C)c2cc3[n-]c(c(CC(=O)OC)c4[nH+]c(cc5[n-]c(cc1[nH+]2)c(C)c5CC)C(C)=C4C(=O)NC(C)CC(=O)OCC)C(CCC(=O)OCC=C(C)CCCC(C)CCCC(C)CCCC(C)C)C3C.[Mg+2]. The fourth-order valence-corrected chi connectivity index (χ4v) is 10.6. The first-order valence-corrected chi connectivity index (χ1v) is 27.2. The average molecular weight is 1030 g/mol. The van der Waals surface area contributed by atoms with E-state index in [1.165, 1.54) is 57.6 Å². The van der Waals surface area contributed by atoms with Crippen molar-refractivity contribution in [1.29, 1.82) is 0 Å². The van der Waals surface area contributed by atoms with Gasteiger partial charge in [0.05, 0.1) is 32.1 Å². The van der Waals surface area contributed by atoms with E-state index in [1.54, 1.807) is 13.8 Å². The molecule has 398 valence electrons. The van der Waals surface area contributed by atoms with Crippen molar-refractivity contribution in [2.24, 2.45) is 17.8 Å². The average Bonchev–Trinajstić information content (AvgIpc) is 4.02. The smallest absolute Gasteiger partial charge is 0.664 e. The number of allylic oxidation sites excluding steroid dienone is 5. The van der Waals surface area contributed by atoms with Crippen LogP contribution >= 0.6 is 0 Å². The van der Waals surface area contributed by atoms with Gasteiger partial charge < -0.3 is 29.5 Å². The van der Waals surface area contributed by atoms with Crippen LogP contribution in [-0.4, -0.2) is 73.2 Å². The Kier molecular flexibility index (Phi) is 24.4. The molecule has 5 heterocycles. The molecular formula is C61H87MgN5O7+2. The Hall–Kier alpha value is -5.01. The number of rotatable bonds is 26. The Morgan fingerprint density at radius 1 is 0.784 bits per heavy atom. The van der Waals surface area contributed by atoms with E-state index < -0.39 is 23.9 Å². The van der Waals surface area contributed by atoms with Crippen molar-refractivity contribution in [3.8, 4) is 0 Å². The van der Waals surface area contributed by atoms with Crippen LogP contribution < -0.4 is 25.3 Å². The molecule has 2 aromatic rings. The number of carbonyl (C=O) groups excluding carboxylic acids is 4. The summed E-state index contributed by atoms with van der Waals surface area (Å²) in [7, 11) is 1.34. The largest absolute Gasteiger partial charge is 2.00 e. The molecule has 3 aliphatic heterocycles. The third-order valence-corrected chi connectivity index (χ3v) is 15.1. The molecule has 0 aliphatic carbocycles. The molecule has 13 heteroatoms. The predicted octanol–water partition coefficient (Wildman–Crippen LogP) is 11.4. The zero-order valence-electron chi connectivity index (χ0n) is 47.3. The first kappa shape index (κ1) is 61.5. The molecule has 0 spiro atoms. The number of hydrogen-bond acceptors (Lipinski definition) is 7. The van der Waals surface area contributed by atoms with Gasteiger partial charge in [-0.3, -0.25) is 19.2 Å². The second-order valence-electron chi connectivity index (χ2n) is 21.4. The first-order chi connectivity index (χ1) is 34.8. The second-order valence-corrected chi connectivity index (χ2v) is 21.4. The minimum Gasteiger partial charge on any atom is -0.664 e. The summed E-state index contributed by atoms with van der Waals surface area (Å²) < 4.78 is 16.4. The van der Waals surface area contributed by atoms with E-state index in [9.17, 15) is 19.2 Å². The number of carbonyl (C=O) groups is 4. The molecule has 3 aliphatic rings. The van der Waals surface area contributed by atoms with Gasteiger partial charge in [0, 0.05) is 29.2 Å². The zero-order valence-corrected chi connectivity index (χ0v) is 48.7. The maximum atomic E-state index is 14.7. The molecule has 1 amide bonds. The zero-order chi connectivity index (χ0) is 53.5. The summed E-state index contributed by atoms with van der Waals surface area (Å²) in [6, 6.07) is 5.48. The van der Waals surface area contributed by atoms with Crippen LogP contribution in [0.2, 0.25) is 0 Å². The third-order valence-electron chi connectivity index (χ3n) is 15.1. The van der Waals surface area contributed by atoms with Gasteiger partial charge in [-0.05, 0) is 121 Å². The maximum Gasteiger partial charge on any atom is 2.00 e. The van der Waals surface area contributed by atoms with E-state index in [0.717, 1.165) is 75.1 Å². The van der Waals surface area contributed by atoms with Gasteiger partial charge in [0.1, 0.15) is 12.2 Å². The molecule has 74 heavy (non-hydrogen) atoms. The van der Waals surface area contributed by atoms with Crippen LogP contribution in [0.15, 0.2) is 42.5 Å². The van der Waals surface area contributed by atoms with E-state index in [0.29, 0.717) is 52.6 Å². The molecule has 0 fully saturated rings. The third kappa shape index (κ3) is 16.5. The number of hydrogen-bond donors (Lipinski definition) is 1. The van der Waals surface area contributed by atoms with Crippen LogP contribution in [-0.2, 0) is 46.2 Å². The van der Waals surface area contributed by atoms with Gasteiger partial charge in [0.15, 0.2) is 0 Å². The van der Waals surface area contributed by atoms with E-state index >= 15 is 0 Å². The molecule has 8 bridgehead atoms. The van der Waals surface area contributed by atoms with Gasteiger partial charge in [-0.15, -0.1) is 22.4 Å². The molecule has 3 N–H and O–H groups in total. The maximum absolute atomic E-state index is 14.7. The summed E-state index contributed by atoms with van der Waals surface area (Å²) in [6.45, 7) is 29.7. The second kappa shape index (κ2) is 29.3. The Balaban J connectivity index is 0.0000119. The minimum atomic E-state index is -0.567. The van der Waals surface area contributed by atoms with E-state index in [-0.39, 0.29) is 73.3 Å². The molecule has 5 atom stereocenters. The number of H-pyrrole nitrogens is 2. The Morgan fingerprint density at radius 2 is 1.43 bits per heavy atom. The quantitative estimate of drug-likeness (QED) is 0.0418. The Morgan fingerprint density at radius 3 is 2.07 bits per heavy atom. The van der Waals surface area contributed by atoms with Crippen molar-refractivity contribution < 1.29 is 43.4 Å². The van der Waals surface area contributed by atoms with Gasteiger partial charge >= 0.3 is 41.0 Å². The molecular weight excluding hydrogens is 939 g/mol. The summed E-state index contributed by atoms with van der Waals surface area (Å²) >= 11 is 0. The molecule has 12 nitrogen and oxygen atoms in total. The molecule has 5 rings (SSSR count). The van der Waals surface area contributed by atoms with E-state index in [4.69, 9.17) is 24.2 Å². The van der Waals surface area contributed by atoms with Crippen LogP contribution in [0.1, 0.15) is 216 Å². The molecule has 0 saturated carbocycles. The van der Waals surface area contributed by atoms with Crippen LogP contribution in [0.4, 0.5) is 0 Å². The monoisotopic (exact) mass is 1030 g/mol. The number of aromatic nitrogens is 4. The van der Waals surface area contributed by atoms with Gasteiger partial charge in [0.25, 0.3) is 5.91 Å².